The van der Waals surface area contributed by atoms with Crippen LogP contribution in [0, 0.1) is 0 Å². The van der Waals surface area contributed by atoms with Crippen molar-refractivity contribution in [1.29, 1.82) is 0 Å². The molecule has 6 nitrogen and oxygen atoms in total. The number of hydrogen-bond donors (Lipinski definition) is 3. The van der Waals surface area contributed by atoms with Gasteiger partial charge in [0.25, 0.3) is 0 Å². The molecule has 0 bridgehead atoms. The number of primary amides is 1. The molecule has 0 aromatic heterocycles. The van der Waals surface area contributed by atoms with Crippen LogP contribution >= 0.6 is 12.2 Å². The van der Waals surface area contributed by atoms with Gasteiger partial charge in [-0.05, 0) is 26.1 Å². The molecule has 1 aromatic rings. The number of anilines is 1. The molecule has 1 aromatic carbocycles. The molecule has 1 rings (SSSR count). The van der Waals surface area contributed by atoms with Gasteiger partial charge in [-0.2, -0.15) is 0 Å². The first-order valence-corrected chi connectivity index (χ1v) is 6.41. The second-order valence-electron chi connectivity index (χ2n) is 4.49. The van der Waals surface area contributed by atoms with E-state index in [1.54, 1.807) is 43.1 Å². The fourth-order valence-electron chi connectivity index (χ4n) is 1.58. The Morgan fingerprint density at radius 2 is 2.05 bits per heavy atom. The van der Waals surface area contributed by atoms with E-state index in [-0.39, 0.29) is 17.4 Å². The third-order valence-electron chi connectivity index (χ3n) is 2.86. The molecule has 0 radical (unpaired) electrons. The standard InChI is InChI=1S/C13H18N4O2S/c1-8(17(2)7-11(14)18)13(19)16-10-5-3-4-9(6-10)12(15)20/h3-6,8H,7H2,1-2H3,(H2,14,18)(H2,15,20)(H,16,19). The lowest BCUT2D eigenvalue weighted by Gasteiger charge is -2.22. The summed E-state index contributed by atoms with van der Waals surface area (Å²) in [6.07, 6.45) is 0. The molecule has 0 saturated heterocycles. The minimum atomic E-state index is -0.490. The normalized spacial score (nSPS) is 11.9. The van der Waals surface area contributed by atoms with Crippen molar-refractivity contribution in [2.45, 2.75) is 13.0 Å². The van der Waals surface area contributed by atoms with Crippen molar-refractivity contribution >= 4 is 34.7 Å². The fourth-order valence-corrected chi connectivity index (χ4v) is 1.71. The summed E-state index contributed by atoms with van der Waals surface area (Å²) in [6.45, 7) is 1.71. The molecule has 2 amide bonds. The zero-order valence-corrected chi connectivity index (χ0v) is 12.2. The molecule has 0 aliphatic carbocycles. The first-order chi connectivity index (χ1) is 9.31. The Kier molecular flexibility index (Phi) is 5.60. The van der Waals surface area contributed by atoms with Crippen LogP contribution in [0.3, 0.4) is 0 Å². The molecular formula is C13H18N4O2S. The van der Waals surface area contributed by atoms with Gasteiger partial charge in [0.1, 0.15) is 4.99 Å². The second kappa shape index (κ2) is 6.97. The molecule has 20 heavy (non-hydrogen) atoms. The zero-order chi connectivity index (χ0) is 15.3. The van der Waals surface area contributed by atoms with Crippen LogP contribution in [0.1, 0.15) is 12.5 Å². The number of likely N-dealkylation sites (N-methyl/N-ethyl adjacent to an activating group) is 1. The molecule has 0 aliphatic heterocycles. The van der Waals surface area contributed by atoms with Crippen molar-refractivity contribution in [3.63, 3.8) is 0 Å². The topological polar surface area (TPSA) is 101 Å². The van der Waals surface area contributed by atoms with Crippen LogP contribution in [0.2, 0.25) is 0 Å². The van der Waals surface area contributed by atoms with Crippen LogP contribution in [0.5, 0.6) is 0 Å². The quantitative estimate of drug-likeness (QED) is 0.644. The first kappa shape index (κ1) is 16.1. The van der Waals surface area contributed by atoms with E-state index in [0.29, 0.717) is 11.3 Å². The summed E-state index contributed by atoms with van der Waals surface area (Å²) in [6, 6.07) is 6.46. The molecule has 0 fully saturated rings. The molecular weight excluding hydrogens is 276 g/mol. The number of benzene rings is 1. The van der Waals surface area contributed by atoms with Crippen LogP contribution in [-0.2, 0) is 9.59 Å². The summed E-state index contributed by atoms with van der Waals surface area (Å²) in [7, 11) is 1.65. The number of carbonyl (C=O) groups excluding carboxylic acids is 2. The maximum atomic E-state index is 12.0. The Bertz CT molecular complexity index is 533. The SMILES string of the molecule is CC(C(=O)Nc1cccc(C(N)=S)c1)N(C)CC(N)=O. The molecule has 0 saturated carbocycles. The number of rotatable bonds is 6. The van der Waals surface area contributed by atoms with E-state index in [1.165, 1.54) is 0 Å². The van der Waals surface area contributed by atoms with Gasteiger partial charge in [0.15, 0.2) is 0 Å². The number of nitrogens with two attached hydrogens (primary N) is 2. The zero-order valence-electron chi connectivity index (χ0n) is 11.4. The van der Waals surface area contributed by atoms with Gasteiger partial charge >= 0.3 is 0 Å². The summed E-state index contributed by atoms with van der Waals surface area (Å²) in [5.41, 5.74) is 11.9. The van der Waals surface area contributed by atoms with Gasteiger partial charge in [0.05, 0.1) is 12.6 Å². The Morgan fingerprint density at radius 1 is 1.40 bits per heavy atom. The van der Waals surface area contributed by atoms with E-state index < -0.39 is 11.9 Å². The highest BCUT2D eigenvalue weighted by atomic mass is 32.1. The summed E-state index contributed by atoms with van der Waals surface area (Å²) < 4.78 is 0. The third-order valence-corrected chi connectivity index (χ3v) is 3.10. The van der Waals surface area contributed by atoms with Crippen LogP contribution in [0.4, 0.5) is 5.69 Å². The van der Waals surface area contributed by atoms with Gasteiger partial charge in [-0.1, -0.05) is 24.4 Å². The van der Waals surface area contributed by atoms with Gasteiger partial charge in [0, 0.05) is 11.3 Å². The van der Waals surface area contributed by atoms with E-state index in [4.69, 9.17) is 23.7 Å². The highest BCUT2D eigenvalue weighted by Gasteiger charge is 2.19. The van der Waals surface area contributed by atoms with E-state index >= 15 is 0 Å². The maximum absolute atomic E-state index is 12.0. The lowest BCUT2D eigenvalue weighted by molar-refractivity contribution is -0.123. The smallest absolute Gasteiger partial charge is 0.241 e. The molecule has 1 atom stereocenters. The number of amides is 2. The number of nitrogens with zero attached hydrogens (tertiary/aromatic N) is 1. The molecule has 108 valence electrons. The highest BCUT2D eigenvalue weighted by molar-refractivity contribution is 7.80. The van der Waals surface area contributed by atoms with Crippen LogP contribution in [0.15, 0.2) is 24.3 Å². The molecule has 1 unspecified atom stereocenters. The maximum Gasteiger partial charge on any atom is 0.241 e. The van der Waals surface area contributed by atoms with Crippen LogP contribution in [-0.4, -0.2) is 41.3 Å². The largest absolute Gasteiger partial charge is 0.389 e. The van der Waals surface area contributed by atoms with Crippen molar-refractivity contribution in [2.75, 3.05) is 18.9 Å². The Morgan fingerprint density at radius 3 is 2.60 bits per heavy atom. The van der Waals surface area contributed by atoms with Crippen molar-refractivity contribution in [3.05, 3.63) is 29.8 Å². The number of carbonyl (C=O) groups is 2. The average molecular weight is 294 g/mol. The number of nitrogens with one attached hydrogen (secondary N) is 1. The van der Waals surface area contributed by atoms with Gasteiger partial charge in [-0.25, -0.2) is 0 Å². The van der Waals surface area contributed by atoms with E-state index in [9.17, 15) is 9.59 Å². The molecule has 0 heterocycles. The van der Waals surface area contributed by atoms with Crippen LogP contribution < -0.4 is 16.8 Å². The van der Waals surface area contributed by atoms with Gasteiger partial charge < -0.3 is 16.8 Å². The minimum absolute atomic E-state index is 0.0154. The van der Waals surface area contributed by atoms with Gasteiger partial charge in [-0.15, -0.1) is 0 Å². The van der Waals surface area contributed by atoms with Crippen molar-refractivity contribution in [2.24, 2.45) is 11.5 Å². The van der Waals surface area contributed by atoms with E-state index in [2.05, 4.69) is 5.32 Å². The first-order valence-electron chi connectivity index (χ1n) is 6.00. The molecule has 7 heteroatoms. The van der Waals surface area contributed by atoms with Crippen molar-refractivity contribution in [1.82, 2.24) is 4.90 Å². The molecule has 5 N–H and O–H groups in total. The monoisotopic (exact) mass is 294 g/mol. The van der Waals surface area contributed by atoms with Crippen molar-refractivity contribution in [3.8, 4) is 0 Å². The lowest BCUT2D eigenvalue weighted by atomic mass is 10.2. The molecule has 0 spiro atoms. The van der Waals surface area contributed by atoms with E-state index in [1.807, 2.05) is 0 Å². The van der Waals surface area contributed by atoms with E-state index in [0.717, 1.165) is 0 Å². The Balaban J connectivity index is 2.72. The average Bonchev–Trinajstić information content (AvgIpc) is 2.37. The van der Waals surface area contributed by atoms with Gasteiger partial charge in [0.2, 0.25) is 11.8 Å². The summed E-state index contributed by atoms with van der Waals surface area (Å²) in [5, 5.41) is 2.74. The fraction of sp³-hybridized carbons (Fsp3) is 0.308. The number of hydrogen-bond acceptors (Lipinski definition) is 4. The minimum Gasteiger partial charge on any atom is -0.389 e. The summed E-state index contributed by atoms with van der Waals surface area (Å²) in [5.74, 6) is -0.725. The van der Waals surface area contributed by atoms with Crippen LogP contribution in [0.25, 0.3) is 0 Å². The second-order valence-corrected chi connectivity index (χ2v) is 4.93. The van der Waals surface area contributed by atoms with Gasteiger partial charge in [-0.3, -0.25) is 14.5 Å². The predicted octanol–water partition coefficient (Wildman–Crippen LogP) is 0.0649. The third kappa shape index (κ3) is 4.60. The molecule has 0 aliphatic rings. The Labute approximate surface area is 123 Å². The number of thiocarbonyl (C=S) groups is 1. The van der Waals surface area contributed by atoms with Crippen molar-refractivity contribution < 1.29 is 9.59 Å². The Hall–Kier alpha value is -1.99. The summed E-state index contributed by atoms with van der Waals surface area (Å²) >= 11 is 4.88. The highest BCUT2D eigenvalue weighted by Crippen LogP contribution is 2.11. The lowest BCUT2D eigenvalue weighted by Crippen LogP contribution is -2.43. The summed E-state index contributed by atoms with van der Waals surface area (Å²) in [4.78, 5) is 24.7. The predicted molar refractivity (Wildman–Crippen MR) is 82.2 cm³/mol.